The molecule has 0 aliphatic heterocycles. The summed E-state index contributed by atoms with van der Waals surface area (Å²) < 4.78 is 19.5. The quantitative estimate of drug-likeness (QED) is 0.813. The standard InChI is InChI=1S/C12H17BrFNO/c1-9(2)15-5-6-16-8-10-7-11(13)3-4-12(10)14/h3-4,7,9,15H,5-6,8H2,1-2H3. The third-order valence-corrected chi connectivity index (χ3v) is 2.56. The van der Waals surface area contributed by atoms with E-state index in [1.165, 1.54) is 6.07 Å². The maximum absolute atomic E-state index is 13.3. The zero-order valence-corrected chi connectivity index (χ0v) is 11.2. The molecule has 0 saturated heterocycles. The highest BCUT2D eigenvalue weighted by Gasteiger charge is 2.02. The SMILES string of the molecule is CC(C)NCCOCc1cc(Br)ccc1F. The minimum absolute atomic E-state index is 0.222. The number of benzene rings is 1. The molecular weight excluding hydrogens is 273 g/mol. The van der Waals surface area contributed by atoms with Crippen LogP contribution >= 0.6 is 15.9 Å². The number of ether oxygens (including phenoxy) is 1. The average molecular weight is 290 g/mol. The fourth-order valence-corrected chi connectivity index (χ4v) is 1.66. The van der Waals surface area contributed by atoms with Gasteiger partial charge in [0, 0.05) is 22.6 Å². The van der Waals surface area contributed by atoms with Crippen molar-refractivity contribution < 1.29 is 9.13 Å². The van der Waals surface area contributed by atoms with E-state index >= 15 is 0 Å². The minimum atomic E-state index is -0.222. The molecule has 4 heteroatoms. The molecule has 90 valence electrons. The number of hydrogen-bond acceptors (Lipinski definition) is 2. The second kappa shape index (κ2) is 6.99. The Morgan fingerprint density at radius 1 is 1.44 bits per heavy atom. The third kappa shape index (κ3) is 5.05. The van der Waals surface area contributed by atoms with Crippen LogP contribution in [0.3, 0.4) is 0 Å². The summed E-state index contributed by atoms with van der Waals surface area (Å²) >= 11 is 3.30. The van der Waals surface area contributed by atoms with Crippen LogP contribution in [0, 0.1) is 5.82 Å². The lowest BCUT2D eigenvalue weighted by molar-refractivity contribution is 0.119. The van der Waals surface area contributed by atoms with Crippen molar-refractivity contribution in [3.63, 3.8) is 0 Å². The van der Waals surface area contributed by atoms with Gasteiger partial charge in [0.25, 0.3) is 0 Å². The fraction of sp³-hybridized carbons (Fsp3) is 0.500. The lowest BCUT2D eigenvalue weighted by atomic mass is 10.2. The lowest BCUT2D eigenvalue weighted by Gasteiger charge is -2.09. The highest BCUT2D eigenvalue weighted by atomic mass is 79.9. The smallest absolute Gasteiger partial charge is 0.128 e. The minimum Gasteiger partial charge on any atom is -0.375 e. The first-order valence-electron chi connectivity index (χ1n) is 5.34. The van der Waals surface area contributed by atoms with Crippen LogP contribution in [0.5, 0.6) is 0 Å². The summed E-state index contributed by atoms with van der Waals surface area (Å²) in [7, 11) is 0. The molecule has 1 N–H and O–H groups in total. The Balaban J connectivity index is 2.29. The second-order valence-electron chi connectivity index (χ2n) is 3.90. The van der Waals surface area contributed by atoms with Crippen molar-refractivity contribution in [2.45, 2.75) is 26.5 Å². The maximum Gasteiger partial charge on any atom is 0.128 e. The van der Waals surface area contributed by atoms with Gasteiger partial charge < -0.3 is 10.1 Å². The summed E-state index contributed by atoms with van der Waals surface area (Å²) in [5.41, 5.74) is 0.582. The van der Waals surface area contributed by atoms with Crippen molar-refractivity contribution >= 4 is 15.9 Å². The molecule has 0 fully saturated rings. The maximum atomic E-state index is 13.3. The molecule has 0 radical (unpaired) electrons. The summed E-state index contributed by atoms with van der Waals surface area (Å²) in [6, 6.07) is 5.31. The van der Waals surface area contributed by atoms with Gasteiger partial charge in [-0.3, -0.25) is 0 Å². The molecule has 0 amide bonds. The Labute approximate surface area is 104 Å². The van der Waals surface area contributed by atoms with Crippen molar-refractivity contribution in [1.29, 1.82) is 0 Å². The van der Waals surface area contributed by atoms with Crippen molar-refractivity contribution in [2.75, 3.05) is 13.2 Å². The van der Waals surface area contributed by atoms with Crippen LogP contribution in [0.4, 0.5) is 4.39 Å². The molecule has 0 aromatic heterocycles. The van der Waals surface area contributed by atoms with Crippen LogP contribution < -0.4 is 5.32 Å². The average Bonchev–Trinajstić information content (AvgIpc) is 2.22. The van der Waals surface area contributed by atoms with E-state index in [1.54, 1.807) is 12.1 Å². The van der Waals surface area contributed by atoms with Crippen LogP contribution in [-0.2, 0) is 11.3 Å². The van der Waals surface area contributed by atoms with Crippen molar-refractivity contribution in [2.24, 2.45) is 0 Å². The van der Waals surface area contributed by atoms with E-state index in [1.807, 2.05) is 0 Å². The lowest BCUT2D eigenvalue weighted by Crippen LogP contribution is -2.26. The number of nitrogens with one attached hydrogen (secondary N) is 1. The molecule has 0 atom stereocenters. The fourth-order valence-electron chi connectivity index (χ4n) is 1.26. The van der Waals surface area contributed by atoms with E-state index in [0.29, 0.717) is 24.8 Å². The molecule has 2 nitrogen and oxygen atoms in total. The molecule has 1 rings (SSSR count). The Bertz CT molecular complexity index is 331. The molecule has 0 heterocycles. The van der Waals surface area contributed by atoms with Crippen LogP contribution in [0.15, 0.2) is 22.7 Å². The number of hydrogen-bond donors (Lipinski definition) is 1. The zero-order chi connectivity index (χ0) is 12.0. The van der Waals surface area contributed by atoms with Crippen LogP contribution in [-0.4, -0.2) is 19.2 Å². The predicted octanol–water partition coefficient (Wildman–Crippen LogP) is 3.10. The van der Waals surface area contributed by atoms with E-state index < -0.39 is 0 Å². The first-order valence-corrected chi connectivity index (χ1v) is 6.14. The van der Waals surface area contributed by atoms with Crippen molar-refractivity contribution in [1.82, 2.24) is 5.32 Å². The first-order chi connectivity index (χ1) is 7.59. The van der Waals surface area contributed by atoms with E-state index in [9.17, 15) is 4.39 Å². The monoisotopic (exact) mass is 289 g/mol. The van der Waals surface area contributed by atoms with Gasteiger partial charge >= 0.3 is 0 Å². The summed E-state index contributed by atoms with van der Waals surface area (Å²) in [5.74, 6) is -0.222. The zero-order valence-electron chi connectivity index (χ0n) is 9.59. The highest BCUT2D eigenvalue weighted by Crippen LogP contribution is 2.16. The Morgan fingerprint density at radius 3 is 2.88 bits per heavy atom. The van der Waals surface area contributed by atoms with Gasteiger partial charge in [-0.15, -0.1) is 0 Å². The van der Waals surface area contributed by atoms with Gasteiger partial charge in [0.1, 0.15) is 5.82 Å². The summed E-state index contributed by atoms with van der Waals surface area (Å²) in [5, 5.41) is 3.23. The molecule has 0 bridgehead atoms. The Hall–Kier alpha value is -0.450. The second-order valence-corrected chi connectivity index (χ2v) is 4.81. The van der Waals surface area contributed by atoms with Crippen LogP contribution in [0.25, 0.3) is 0 Å². The number of halogens is 2. The molecule has 0 unspecified atom stereocenters. The largest absolute Gasteiger partial charge is 0.375 e. The molecular formula is C12H17BrFNO. The van der Waals surface area contributed by atoms with E-state index in [-0.39, 0.29) is 5.82 Å². The summed E-state index contributed by atoms with van der Waals surface area (Å²) in [6.45, 7) is 5.84. The molecule has 1 aromatic rings. The van der Waals surface area contributed by atoms with Gasteiger partial charge in [0.15, 0.2) is 0 Å². The van der Waals surface area contributed by atoms with Gasteiger partial charge in [0.05, 0.1) is 13.2 Å². The van der Waals surface area contributed by atoms with Gasteiger partial charge in [-0.1, -0.05) is 29.8 Å². The Morgan fingerprint density at radius 2 is 2.19 bits per heavy atom. The molecule has 0 aliphatic rings. The molecule has 0 spiro atoms. The molecule has 16 heavy (non-hydrogen) atoms. The first kappa shape index (κ1) is 13.6. The van der Waals surface area contributed by atoms with Crippen molar-refractivity contribution in [3.05, 3.63) is 34.1 Å². The molecule has 0 aliphatic carbocycles. The van der Waals surface area contributed by atoms with Crippen LogP contribution in [0.2, 0.25) is 0 Å². The van der Waals surface area contributed by atoms with Gasteiger partial charge in [-0.25, -0.2) is 4.39 Å². The highest BCUT2D eigenvalue weighted by molar-refractivity contribution is 9.10. The van der Waals surface area contributed by atoms with E-state index in [4.69, 9.17) is 4.74 Å². The van der Waals surface area contributed by atoms with Gasteiger partial charge in [-0.05, 0) is 18.2 Å². The molecule has 0 saturated carbocycles. The summed E-state index contributed by atoms with van der Waals surface area (Å²) in [6.07, 6.45) is 0. The van der Waals surface area contributed by atoms with E-state index in [0.717, 1.165) is 11.0 Å². The normalized spacial score (nSPS) is 11.1. The summed E-state index contributed by atoms with van der Waals surface area (Å²) in [4.78, 5) is 0. The van der Waals surface area contributed by atoms with Crippen molar-refractivity contribution in [3.8, 4) is 0 Å². The van der Waals surface area contributed by atoms with Gasteiger partial charge in [0.2, 0.25) is 0 Å². The predicted molar refractivity (Wildman–Crippen MR) is 66.9 cm³/mol. The van der Waals surface area contributed by atoms with E-state index in [2.05, 4.69) is 35.1 Å². The van der Waals surface area contributed by atoms with Crippen LogP contribution in [0.1, 0.15) is 19.4 Å². The van der Waals surface area contributed by atoms with Gasteiger partial charge in [-0.2, -0.15) is 0 Å². The number of rotatable bonds is 6. The topological polar surface area (TPSA) is 21.3 Å². The third-order valence-electron chi connectivity index (χ3n) is 2.06. The molecule has 1 aromatic carbocycles. The Kier molecular flexibility index (Phi) is 5.95.